The maximum Gasteiger partial charge on any atom is 0.128 e. The van der Waals surface area contributed by atoms with Crippen LogP contribution in [0.5, 0.6) is 0 Å². The van der Waals surface area contributed by atoms with Gasteiger partial charge in [-0.1, -0.05) is 26.0 Å². The molecule has 0 saturated carbocycles. The molecule has 2 aromatic heterocycles. The summed E-state index contributed by atoms with van der Waals surface area (Å²) in [5.41, 5.74) is 2.08. The van der Waals surface area contributed by atoms with E-state index in [1.165, 1.54) is 12.1 Å². The fourth-order valence-electron chi connectivity index (χ4n) is 2.00. The van der Waals surface area contributed by atoms with Gasteiger partial charge in [0.05, 0.1) is 5.39 Å². The number of halogens is 1. The molecule has 1 aromatic carbocycles. The number of thiophene rings is 1. The second-order valence-corrected chi connectivity index (χ2v) is 7.11. The van der Waals surface area contributed by atoms with Crippen LogP contribution in [0.25, 0.3) is 21.3 Å². The van der Waals surface area contributed by atoms with Crippen molar-refractivity contribution in [1.29, 1.82) is 0 Å². The van der Waals surface area contributed by atoms with E-state index in [1.54, 1.807) is 41.6 Å². The van der Waals surface area contributed by atoms with E-state index >= 15 is 0 Å². The maximum absolute atomic E-state index is 13.1. The van der Waals surface area contributed by atoms with Crippen molar-refractivity contribution >= 4 is 33.3 Å². The Bertz CT molecular complexity index is 735. The lowest BCUT2D eigenvalue weighted by atomic mass is 10.1. The largest absolute Gasteiger partial charge is 0.229 e. The van der Waals surface area contributed by atoms with Gasteiger partial charge in [-0.2, -0.15) is 0 Å². The third-order valence-electron chi connectivity index (χ3n) is 2.84. The number of rotatable bonds is 3. The first-order chi connectivity index (χ1) is 9.65. The lowest BCUT2D eigenvalue weighted by Gasteiger charge is -2.07. The molecule has 102 valence electrons. The summed E-state index contributed by atoms with van der Waals surface area (Å²) in [5.74, 6) is -0.221. The van der Waals surface area contributed by atoms with Crippen LogP contribution in [0.3, 0.4) is 0 Å². The van der Waals surface area contributed by atoms with Crippen LogP contribution >= 0.6 is 23.1 Å². The number of thioether (sulfide) groups is 1. The van der Waals surface area contributed by atoms with Gasteiger partial charge in [0.2, 0.25) is 0 Å². The average molecular weight is 304 g/mol. The van der Waals surface area contributed by atoms with E-state index in [1.807, 2.05) is 0 Å². The highest BCUT2D eigenvalue weighted by Crippen LogP contribution is 2.38. The number of hydrogen-bond donors (Lipinski definition) is 0. The minimum absolute atomic E-state index is 0.221. The van der Waals surface area contributed by atoms with E-state index in [2.05, 4.69) is 29.2 Å². The quantitative estimate of drug-likeness (QED) is 0.503. The van der Waals surface area contributed by atoms with Crippen molar-refractivity contribution in [1.82, 2.24) is 9.97 Å². The van der Waals surface area contributed by atoms with Crippen LogP contribution in [0.4, 0.5) is 4.39 Å². The van der Waals surface area contributed by atoms with Crippen LogP contribution in [0.15, 0.2) is 41.0 Å². The molecule has 0 aliphatic rings. The van der Waals surface area contributed by atoms with Gasteiger partial charge in [-0.15, -0.1) is 23.1 Å². The fourth-order valence-corrected chi connectivity index (χ4v) is 3.86. The molecule has 0 amide bonds. The van der Waals surface area contributed by atoms with Crippen LogP contribution in [-0.4, -0.2) is 15.2 Å². The third-order valence-corrected chi connectivity index (χ3v) is 4.73. The molecule has 2 heterocycles. The molecule has 0 aliphatic heterocycles. The summed E-state index contributed by atoms with van der Waals surface area (Å²) < 4.78 is 13.1. The number of aromatic nitrogens is 2. The molecular weight excluding hydrogens is 291 g/mol. The molecule has 20 heavy (non-hydrogen) atoms. The highest BCUT2D eigenvalue weighted by molar-refractivity contribution is 8.00. The monoisotopic (exact) mass is 304 g/mol. The highest BCUT2D eigenvalue weighted by atomic mass is 32.2. The van der Waals surface area contributed by atoms with Crippen molar-refractivity contribution in [2.75, 3.05) is 0 Å². The molecule has 0 atom stereocenters. The molecule has 0 unspecified atom stereocenters. The molecule has 0 N–H and O–H groups in total. The summed E-state index contributed by atoms with van der Waals surface area (Å²) in [4.78, 5) is 9.71. The van der Waals surface area contributed by atoms with Crippen LogP contribution in [0, 0.1) is 5.82 Å². The Hall–Kier alpha value is -1.46. The first kappa shape index (κ1) is 13.5. The van der Waals surface area contributed by atoms with Gasteiger partial charge < -0.3 is 0 Å². The van der Waals surface area contributed by atoms with E-state index < -0.39 is 0 Å². The lowest BCUT2D eigenvalue weighted by molar-refractivity contribution is 0.628. The van der Waals surface area contributed by atoms with E-state index in [-0.39, 0.29) is 5.82 Å². The molecule has 3 aromatic rings. The van der Waals surface area contributed by atoms with Gasteiger partial charge in [0, 0.05) is 16.2 Å². The number of nitrogens with zero attached hydrogens (tertiary/aromatic N) is 2. The van der Waals surface area contributed by atoms with Crippen LogP contribution in [0.1, 0.15) is 13.8 Å². The Morgan fingerprint density at radius 2 is 1.90 bits per heavy atom. The van der Waals surface area contributed by atoms with Gasteiger partial charge in [0.25, 0.3) is 0 Å². The molecule has 5 heteroatoms. The van der Waals surface area contributed by atoms with Gasteiger partial charge in [-0.05, 0) is 17.7 Å². The van der Waals surface area contributed by atoms with Crippen molar-refractivity contribution in [3.63, 3.8) is 0 Å². The molecule has 0 fully saturated rings. The van der Waals surface area contributed by atoms with Gasteiger partial charge in [0.1, 0.15) is 22.0 Å². The normalized spacial score (nSPS) is 11.4. The fraction of sp³-hybridized carbons (Fsp3) is 0.200. The average Bonchev–Trinajstić information content (AvgIpc) is 2.84. The Balaban J connectivity index is 2.18. The molecule has 2 nitrogen and oxygen atoms in total. The SMILES string of the molecule is CC(C)Sc1ncnc2scc(-c3ccc(F)cc3)c12. The Labute approximate surface area is 125 Å². The number of benzene rings is 1. The second-order valence-electron chi connectivity index (χ2n) is 4.68. The smallest absolute Gasteiger partial charge is 0.128 e. The molecule has 3 rings (SSSR count). The summed E-state index contributed by atoms with van der Waals surface area (Å²) in [5, 5.41) is 4.58. The molecular formula is C15H13FN2S2. The highest BCUT2D eigenvalue weighted by Gasteiger charge is 2.14. The standard InChI is InChI=1S/C15H13FN2S2/c1-9(2)20-15-13-12(7-19-14(13)17-8-18-15)10-3-5-11(16)6-4-10/h3-9H,1-2H3. The minimum Gasteiger partial charge on any atom is -0.229 e. The zero-order valence-electron chi connectivity index (χ0n) is 11.1. The molecule has 0 radical (unpaired) electrons. The number of hydrogen-bond acceptors (Lipinski definition) is 4. The zero-order valence-corrected chi connectivity index (χ0v) is 12.8. The van der Waals surface area contributed by atoms with Gasteiger partial charge in [0.15, 0.2) is 0 Å². The molecule has 0 spiro atoms. The second kappa shape index (κ2) is 5.50. The summed E-state index contributed by atoms with van der Waals surface area (Å²) in [6, 6.07) is 6.57. The van der Waals surface area contributed by atoms with E-state index in [4.69, 9.17) is 0 Å². The first-order valence-corrected chi connectivity index (χ1v) is 8.06. The lowest BCUT2D eigenvalue weighted by Crippen LogP contribution is -1.91. The van der Waals surface area contributed by atoms with E-state index in [0.717, 1.165) is 26.4 Å². The summed E-state index contributed by atoms with van der Waals surface area (Å²) in [6.45, 7) is 4.28. The van der Waals surface area contributed by atoms with Crippen molar-refractivity contribution in [2.45, 2.75) is 24.1 Å². The predicted molar refractivity (Wildman–Crippen MR) is 83.8 cm³/mol. The molecule has 0 saturated heterocycles. The van der Waals surface area contributed by atoms with Crippen LogP contribution in [-0.2, 0) is 0 Å². The molecule has 0 bridgehead atoms. The third kappa shape index (κ3) is 2.55. The topological polar surface area (TPSA) is 25.8 Å². The van der Waals surface area contributed by atoms with Crippen LogP contribution in [0.2, 0.25) is 0 Å². The zero-order chi connectivity index (χ0) is 14.1. The van der Waals surface area contributed by atoms with E-state index in [9.17, 15) is 4.39 Å². The summed E-state index contributed by atoms with van der Waals surface area (Å²) in [7, 11) is 0. The Kier molecular flexibility index (Phi) is 3.72. The Morgan fingerprint density at radius 1 is 1.15 bits per heavy atom. The number of fused-ring (bicyclic) bond motifs is 1. The van der Waals surface area contributed by atoms with Crippen LogP contribution < -0.4 is 0 Å². The van der Waals surface area contributed by atoms with Gasteiger partial charge >= 0.3 is 0 Å². The predicted octanol–water partition coefficient (Wildman–Crippen LogP) is 5.00. The van der Waals surface area contributed by atoms with Crippen molar-refractivity contribution in [2.24, 2.45) is 0 Å². The Morgan fingerprint density at radius 3 is 2.60 bits per heavy atom. The summed E-state index contributed by atoms with van der Waals surface area (Å²) in [6.07, 6.45) is 1.61. The maximum atomic E-state index is 13.1. The van der Waals surface area contributed by atoms with Crippen molar-refractivity contribution < 1.29 is 4.39 Å². The minimum atomic E-state index is -0.221. The first-order valence-electron chi connectivity index (χ1n) is 6.30. The summed E-state index contributed by atoms with van der Waals surface area (Å²) >= 11 is 3.32. The molecule has 0 aliphatic carbocycles. The van der Waals surface area contributed by atoms with Gasteiger partial charge in [-0.3, -0.25) is 0 Å². The van der Waals surface area contributed by atoms with Crippen molar-refractivity contribution in [3.8, 4) is 11.1 Å². The van der Waals surface area contributed by atoms with Crippen molar-refractivity contribution in [3.05, 3.63) is 41.8 Å². The van der Waals surface area contributed by atoms with Gasteiger partial charge in [-0.25, -0.2) is 14.4 Å². The van der Waals surface area contributed by atoms with E-state index in [0.29, 0.717) is 5.25 Å².